The van der Waals surface area contributed by atoms with Crippen LogP contribution < -0.4 is 4.90 Å². The molecule has 0 spiro atoms. The fourth-order valence-corrected chi connectivity index (χ4v) is 1.26. The number of anilines is 1. The summed E-state index contributed by atoms with van der Waals surface area (Å²) in [6, 6.07) is 6.41. The number of amides is 1. The van der Waals surface area contributed by atoms with Gasteiger partial charge in [-0.05, 0) is 24.1 Å². The quantitative estimate of drug-likeness (QED) is 0.766. The van der Waals surface area contributed by atoms with Crippen molar-refractivity contribution < 1.29 is 18.0 Å². The maximum atomic E-state index is 12.1. The van der Waals surface area contributed by atoms with Crippen LogP contribution in [0.3, 0.4) is 0 Å². The third kappa shape index (κ3) is 2.74. The zero-order valence-corrected chi connectivity index (χ0v) is 9.01. The van der Waals surface area contributed by atoms with Crippen LogP contribution in [0.15, 0.2) is 24.3 Å². The molecule has 1 amide bonds. The number of carbonyl (C=O) groups is 1. The van der Waals surface area contributed by atoms with E-state index in [1.54, 1.807) is 12.1 Å². The molecule has 2 nitrogen and oxygen atoms in total. The lowest BCUT2D eigenvalue weighted by atomic mass is 10.1. The molecule has 1 rings (SSSR count). The number of alkyl halides is 3. The van der Waals surface area contributed by atoms with Crippen molar-refractivity contribution in [2.45, 2.75) is 19.5 Å². The normalized spacial score (nSPS) is 11.3. The van der Waals surface area contributed by atoms with E-state index in [0.717, 1.165) is 19.0 Å². The smallest absolute Gasteiger partial charge is 0.308 e. The molecule has 5 heteroatoms. The highest BCUT2D eigenvalue weighted by Gasteiger charge is 2.41. The van der Waals surface area contributed by atoms with Crippen LogP contribution in [0.25, 0.3) is 0 Å². The highest BCUT2D eigenvalue weighted by molar-refractivity contribution is 5.96. The van der Waals surface area contributed by atoms with E-state index in [1.165, 1.54) is 12.1 Å². The van der Waals surface area contributed by atoms with Crippen molar-refractivity contribution in [2.75, 3.05) is 11.9 Å². The Labute approximate surface area is 91.7 Å². The molecule has 0 saturated heterocycles. The molecule has 0 atom stereocenters. The van der Waals surface area contributed by atoms with E-state index < -0.39 is 12.1 Å². The molecular weight excluding hydrogens is 219 g/mol. The molecule has 0 saturated carbocycles. The van der Waals surface area contributed by atoms with Crippen molar-refractivity contribution in [3.8, 4) is 0 Å². The summed E-state index contributed by atoms with van der Waals surface area (Å²) in [6.07, 6.45) is -4.03. The van der Waals surface area contributed by atoms with Crippen molar-refractivity contribution in [3.63, 3.8) is 0 Å². The fourth-order valence-electron chi connectivity index (χ4n) is 1.26. The van der Waals surface area contributed by atoms with Crippen molar-refractivity contribution in [3.05, 3.63) is 29.8 Å². The van der Waals surface area contributed by atoms with Gasteiger partial charge in [0.25, 0.3) is 0 Å². The Hall–Kier alpha value is -1.52. The second kappa shape index (κ2) is 4.55. The molecule has 0 aliphatic heterocycles. The van der Waals surface area contributed by atoms with Crippen molar-refractivity contribution in [1.29, 1.82) is 0 Å². The standard InChI is InChI=1S/C11H12F3NO/c1-3-8-4-6-9(7-5-8)15(2)10(16)11(12,13)14/h4-7H,3H2,1-2H3. The van der Waals surface area contributed by atoms with E-state index in [4.69, 9.17) is 0 Å². The molecule has 1 aromatic carbocycles. The van der Waals surface area contributed by atoms with Crippen LogP contribution in [0.4, 0.5) is 18.9 Å². The average Bonchev–Trinajstić information content (AvgIpc) is 2.26. The van der Waals surface area contributed by atoms with E-state index in [2.05, 4.69) is 0 Å². The van der Waals surface area contributed by atoms with E-state index in [0.29, 0.717) is 4.90 Å². The Balaban J connectivity index is 2.88. The van der Waals surface area contributed by atoms with Gasteiger partial charge in [0.05, 0.1) is 0 Å². The molecular formula is C11H12F3NO. The molecule has 16 heavy (non-hydrogen) atoms. The van der Waals surface area contributed by atoms with E-state index in [9.17, 15) is 18.0 Å². The van der Waals surface area contributed by atoms with Crippen LogP contribution in [-0.4, -0.2) is 19.1 Å². The summed E-state index contributed by atoms with van der Waals surface area (Å²) in [5.41, 5.74) is 1.25. The maximum absolute atomic E-state index is 12.1. The lowest BCUT2D eigenvalue weighted by Crippen LogP contribution is -2.38. The minimum absolute atomic E-state index is 0.236. The summed E-state index contributed by atoms with van der Waals surface area (Å²) in [5.74, 6) is -1.86. The molecule has 0 unspecified atom stereocenters. The lowest BCUT2D eigenvalue weighted by molar-refractivity contribution is -0.170. The van der Waals surface area contributed by atoms with E-state index in [1.807, 2.05) is 6.92 Å². The number of aryl methyl sites for hydroxylation is 1. The monoisotopic (exact) mass is 231 g/mol. The number of halogens is 3. The summed E-state index contributed by atoms with van der Waals surface area (Å²) in [5, 5.41) is 0. The summed E-state index contributed by atoms with van der Waals surface area (Å²) in [4.78, 5) is 11.5. The Morgan fingerprint density at radius 2 is 1.75 bits per heavy atom. The zero-order valence-electron chi connectivity index (χ0n) is 9.01. The van der Waals surface area contributed by atoms with Gasteiger partial charge in [-0.25, -0.2) is 0 Å². The third-order valence-corrected chi connectivity index (χ3v) is 2.28. The maximum Gasteiger partial charge on any atom is 0.471 e. The molecule has 0 heterocycles. The minimum Gasteiger partial charge on any atom is -0.308 e. The topological polar surface area (TPSA) is 20.3 Å². The number of carbonyl (C=O) groups excluding carboxylic acids is 1. The highest BCUT2D eigenvalue weighted by Crippen LogP contribution is 2.22. The predicted octanol–water partition coefficient (Wildman–Crippen LogP) is 2.77. The molecule has 0 aromatic heterocycles. The molecule has 0 aliphatic carbocycles. The van der Waals surface area contributed by atoms with E-state index in [-0.39, 0.29) is 5.69 Å². The highest BCUT2D eigenvalue weighted by atomic mass is 19.4. The van der Waals surface area contributed by atoms with Gasteiger partial charge < -0.3 is 4.90 Å². The molecule has 0 aliphatic rings. The van der Waals surface area contributed by atoms with Gasteiger partial charge in [-0.1, -0.05) is 19.1 Å². The number of benzene rings is 1. The SMILES string of the molecule is CCc1ccc(N(C)C(=O)C(F)(F)F)cc1. The number of nitrogens with zero attached hydrogens (tertiary/aromatic N) is 1. The second-order valence-corrected chi connectivity index (χ2v) is 3.38. The first kappa shape index (κ1) is 12.5. The van der Waals surface area contributed by atoms with Gasteiger partial charge in [0.1, 0.15) is 0 Å². The molecule has 88 valence electrons. The van der Waals surface area contributed by atoms with Crippen molar-refractivity contribution >= 4 is 11.6 Å². The first-order valence-electron chi connectivity index (χ1n) is 4.80. The van der Waals surface area contributed by atoms with Crippen molar-refractivity contribution in [2.24, 2.45) is 0 Å². The van der Waals surface area contributed by atoms with Gasteiger partial charge >= 0.3 is 12.1 Å². The molecule has 0 N–H and O–H groups in total. The van der Waals surface area contributed by atoms with Gasteiger partial charge in [0.2, 0.25) is 0 Å². The van der Waals surface area contributed by atoms with Gasteiger partial charge in [0.15, 0.2) is 0 Å². The predicted molar refractivity (Wildman–Crippen MR) is 55.3 cm³/mol. The van der Waals surface area contributed by atoms with Gasteiger partial charge in [-0.3, -0.25) is 4.79 Å². The fraction of sp³-hybridized carbons (Fsp3) is 0.364. The lowest BCUT2D eigenvalue weighted by Gasteiger charge is -2.18. The number of rotatable bonds is 2. The largest absolute Gasteiger partial charge is 0.471 e. The number of hydrogen-bond donors (Lipinski definition) is 0. The van der Waals surface area contributed by atoms with Crippen molar-refractivity contribution in [1.82, 2.24) is 0 Å². The van der Waals surface area contributed by atoms with Crippen LogP contribution in [0.5, 0.6) is 0 Å². The zero-order chi connectivity index (χ0) is 12.3. The third-order valence-electron chi connectivity index (χ3n) is 2.28. The summed E-state index contributed by atoms with van der Waals surface area (Å²) in [7, 11) is 1.11. The first-order valence-corrected chi connectivity index (χ1v) is 4.80. The van der Waals surface area contributed by atoms with Gasteiger partial charge in [0, 0.05) is 12.7 Å². The van der Waals surface area contributed by atoms with Gasteiger partial charge in [-0.15, -0.1) is 0 Å². The van der Waals surface area contributed by atoms with E-state index >= 15 is 0 Å². The first-order chi connectivity index (χ1) is 7.36. The van der Waals surface area contributed by atoms with Crippen LogP contribution in [0, 0.1) is 0 Å². The second-order valence-electron chi connectivity index (χ2n) is 3.38. The number of hydrogen-bond acceptors (Lipinski definition) is 1. The van der Waals surface area contributed by atoms with Gasteiger partial charge in [-0.2, -0.15) is 13.2 Å². The Bertz CT molecular complexity index is 370. The Morgan fingerprint density at radius 1 is 1.25 bits per heavy atom. The Morgan fingerprint density at radius 3 is 2.12 bits per heavy atom. The Kier molecular flexibility index (Phi) is 3.57. The molecule has 0 bridgehead atoms. The molecule has 0 fully saturated rings. The van der Waals surface area contributed by atoms with Crippen LogP contribution in [0.2, 0.25) is 0 Å². The molecule has 1 aromatic rings. The minimum atomic E-state index is -4.84. The molecule has 0 radical (unpaired) electrons. The van der Waals surface area contributed by atoms with Crippen LogP contribution >= 0.6 is 0 Å². The summed E-state index contributed by atoms with van der Waals surface area (Å²) in [6.45, 7) is 1.94. The van der Waals surface area contributed by atoms with Crippen LogP contribution in [0.1, 0.15) is 12.5 Å². The summed E-state index contributed by atoms with van der Waals surface area (Å²) < 4.78 is 36.4. The van der Waals surface area contributed by atoms with Crippen LogP contribution in [-0.2, 0) is 11.2 Å². The average molecular weight is 231 g/mol. The summed E-state index contributed by atoms with van der Waals surface area (Å²) >= 11 is 0.